The van der Waals surface area contributed by atoms with E-state index in [4.69, 9.17) is 16.0 Å². The minimum absolute atomic E-state index is 0. The van der Waals surface area contributed by atoms with Crippen molar-refractivity contribution in [2.24, 2.45) is 17.4 Å². The topological polar surface area (TPSA) is 106 Å². The van der Waals surface area contributed by atoms with Gasteiger partial charge in [0.05, 0.1) is 5.75 Å². The van der Waals surface area contributed by atoms with E-state index in [9.17, 15) is 8.42 Å². The molecule has 12 heavy (non-hydrogen) atoms. The van der Waals surface area contributed by atoms with Gasteiger partial charge in [-0.3, -0.25) is 4.55 Å². The summed E-state index contributed by atoms with van der Waals surface area (Å²) in [5.74, 6) is -0.518. The molecular weight excluding hydrogens is 191 g/mol. The maximum atomic E-state index is 10.3. The van der Waals surface area contributed by atoms with Gasteiger partial charge in [-0.1, -0.05) is 0 Å². The minimum Gasteiger partial charge on any atom is -1.00 e. The third kappa shape index (κ3) is 8.92. The predicted molar refractivity (Wildman–Crippen MR) is 43.7 cm³/mol. The monoisotopic (exact) mass is 206 g/mol. The van der Waals surface area contributed by atoms with Gasteiger partial charge in [-0.25, -0.2) is 0 Å². The standard InChI is InChI=1S/C5H14N2O3S.Na.H/c6-2-1-5(3-7)4-11(8,9)10;;/h5H,1-4,6-7H2,(H,8,9,10);;/q;+1;-1. The van der Waals surface area contributed by atoms with Crippen LogP contribution in [0.2, 0.25) is 0 Å². The SMILES string of the molecule is NCCC(CN)CS(=O)(=O)O.[H-].[Na+]. The average Bonchev–Trinajstić information content (AvgIpc) is 1.84. The molecule has 0 bridgehead atoms. The van der Waals surface area contributed by atoms with E-state index in [0.717, 1.165) is 0 Å². The quantitative estimate of drug-likeness (QED) is 0.313. The van der Waals surface area contributed by atoms with Crippen molar-refractivity contribution in [3.8, 4) is 0 Å². The van der Waals surface area contributed by atoms with Crippen LogP contribution in [-0.2, 0) is 10.1 Å². The normalized spacial score (nSPS) is 13.6. The van der Waals surface area contributed by atoms with Crippen LogP contribution in [0.25, 0.3) is 0 Å². The van der Waals surface area contributed by atoms with Gasteiger partial charge in [0.25, 0.3) is 10.1 Å². The van der Waals surface area contributed by atoms with Crippen LogP contribution >= 0.6 is 0 Å². The summed E-state index contributed by atoms with van der Waals surface area (Å²) in [4.78, 5) is 0. The zero-order valence-electron chi connectivity index (χ0n) is 8.23. The second-order valence-corrected chi connectivity index (χ2v) is 3.92. The van der Waals surface area contributed by atoms with E-state index in [2.05, 4.69) is 0 Å². The van der Waals surface area contributed by atoms with Crippen molar-refractivity contribution < 1.29 is 44.0 Å². The summed E-state index contributed by atoms with van der Waals surface area (Å²) >= 11 is 0. The number of nitrogens with two attached hydrogens (primary N) is 2. The number of rotatable bonds is 5. The van der Waals surface area contributed by atoms with E-state index in [1.165, 1.54) is 0 Å². The molecule has 0 saturated heterocycles. The molecule has 0 heterocycles. The molecule has 0 spiro atoms. The zero-order chi connectivity index (χ0) is 8.91. The summed E-state index contributed by atoms with van der Waals surface area (Å²) in [5.41, 5.74) is 10.4. The first kappa shape index (κ1) is 15.3. The summed E-state index contributed by atoms with van der Waals surface area (Å²) in [6.07, 6.45) is 0.524. The van der Waals surface area contributed by atoms with Crippen molar-refractivity contribution in [3.05, 3.63) is 0 Å². The summed E-state index contributed by atoms with van der Waals surface area (Å²) < 4.78 is 29.1. The smallest absolute Gasteiger partial charge is 1.00 e. The second kappa shape index (κ2) is 7.25. The van der Waals surface area contributed by atoms with Crippen molar-refractivity contribution >= 4 is 10.1 Å². The summed E-state index contributed by atoms with van der Waals surface area (Å²) in [7, 11) is -3.89. The fourth-order valence-corrected chi connectivity index (χ4v) is 1.70. The first-order valence-corrected chi connectivity index (χ1v) is 4.95. The molecule has 0 aromatic rings. The van der Waals surface area contributed by atoms with Crippen molar-refractivity contribution in [2.45, 2.75) is 6.42 Å². The van der Waals surface area contributed by atoms with E-state index in [1.807, 2.05) is 0 Å². The first-order valence-electron chi connectivity index (χ1n) is 3.35. The fraction of sp³-hybridized carbons (Fsp3) is 1.00. The number of hydrogen-bond acceptors (Lipinski definition) is 4. The van der Waals surface area contributed by atoms with Crippen molar-refractivity contribution in [3.63, 3.8) is 0 Å². The molecule has 0 saturated carbocycles. The Balaban J connectivity index is -0.000000500. The van der Waals surface area contributed by atoms with Crippen LogP contribution < -0.4 is 41.0 Å². The van der Waals surface area contributed by atoms with E-state index in [-0.39, 0.29) is 49.2 Å². The van der Waals surface area contributed by atoms with E-state index < -0.39 is 10.1 Å². The molecule has 0 aliphatic carbocycles. The Hall–Kier alpha value is 0.830. The fourth-order valence-electron chi connectivity index (χ4n) is 0.803. The van der Waals surface area contributed by atoms with Gasteiger partial charge in [0.2, 0.25) is 0 Å². The molecule has 0 rings (SSSR count). The summed E-state index contributed by atoms with van der Waals surface area (Å²) in [6.45, 7) is 0.619. The van der Waals surface area contributed by atoms with Crippen LogP contribution in [0.5, 0.6) is 0 Å². The van der Waals surface area contributed by atoms with E-state index in [1.54, 1.807) is 0 Å². The molecule has 1 unspecified atom stereocenters. The zero-order valence-corrected chi connectivity index (χ0v) is 10.0. The molecule has 0 amide bonds. The molecule has 5 nitrogen and oxygen atoms in total. The third-order valence-corrected chi connectivity index (χ3v) is 2.25. The van der Waals surface area contributed by atoms with Crippen molar-refractivity contribution in [1.82, 2.24) is 0 Å². The molecule has 0 aliphatic heterocycles. The molecule has 0 aromatic carbocycles. The van der Waals surface area contributed by atoms with Gasteiger partial charge in [0.15, 0.2) is 0 Å². The second-order valence-electron chi connectivity index (χ2n) is 2.43. The Morgan fingerprint density at radius 3 is 2.17 bits per heavy atom. The van der Waals surface area contributed by atoms with Crippen LogP contribution in [-0.4, -0.2) is 31.8 Å². The van der Waals surface area contributed by atoms with Crippen molar-refractivity contribution in [2.75, 3.05) is 18.8 Å². The molecule has 0 aliphatic rings. The van der Waals surface area contributed by atoms with E-state index in [0.29, 0.717) is 13.0 Å². The van der Waals surface area contributed by atoms with Crippen LogP contribution in [0, 0.1) is 5.92 Å². The van der Waals surface area contributed by atoms with Gasteiger partial charge < -0.3 is 12.9 Å². The van der Waals surface area contributed by atoms with Gasteiger partial charge in [-0.2, -0.15) is 8.42 Å². The minimum atomic E-state index is -3.89. The molecule has 7 heteroatoms. The maximum Gasteiger partial charge on any atom is 1.00 e. The predicted octanol–water partition coefficient (Wildman–Crippen LogP) is -4.09. The van der Waals surface area contributed by atoms with Gasteiger partial charge in [-0.15, -0.1) is 0 Å². The van der Waals surface area contributed by atoms with Gasteiger partial charge in [0.1, 0.15) is 0 Å². The Bertz CT molecular complexity index is 200. The number of hydrogen-bond donors (Lipinski definition) is 3. The molecule has 5 N–H and O–H groups in total. The van der Waals surface area contributed by atoms with Crippen LogP contribution in [0.3, 0.4) is 0 Å². The van der Waals surface area contributed by atoms with E-state index >= 15 is 0 Å². The average molecular weight is 206 g/mol. The molecule has 1 atom stereocenters. The van der Waals surface area contributed by atoms with Gasteiger partial charge >= 0.3 is 29.6 Å². The summed E-state index contributed by atoms with van der Waals surface area (Å²) in [6, 6.07) is 0. The van der Waals surface area contributed by atoms with Crippen LogP contribution in [0.4, 0.5) is 0 Å². The Kier molecular flexibility index (Phi) is 9.25. The van der Waals surface area contributed by atoms with Gasteiger partial charge in [-0.05, 0) is 25.4 Å². The van der Waals surface area contributed by atoms with Crippen molar-refractivity contribution in [1.29, 1.82) is 0 Å². The molecule has 0 aromatic heterocycles. The largest absolute Gasteiger partial charge is 1.00 e. The van der Waals surface area contributed by atoms with Crippen LogP contribution in [0.1, 0.15) is 7.85 Å². The Morgan fingerprint density at radius 1 is 1.42 bits per heavy atom. The Labute approximate surface area is 96.4 Å². The van der Waals surface area contributed by atoms with Crippen LogP contribution in [0.15, 0.2) is 0 Å². The molecule has 0 radical (unpaired) electrons. The molecule has 70 valence electrons. The Morgan fingerprint density at radius 2 is 1.92 bits per heavy atom. The maximum absolute atomic E-state index is 10.3. The molecular formula is C5H15N2NaO3S. The molecule has 0 fully saturated rings. The van der Waals surface area contributed by atoms with Gasteiger partial charge in [0, 0.05) is 0 Å². The first-order chi connectivity index (χ1) is 4.99. The summed E-state index contributed by atoms with van der Waals surface area (Å²) in [5, 5.41) is 0. The third-order valence-electron chi connectivity index (χ3n) is 1.35.